The fraction of sp³-hybridized carbons (Fsp3) is 0.794. The molecule has 2 unspecified atom stereocenters. The van der Waals surface area contributed by atoms with Crippen molar-refractivity contribution in [3.05, 3.63) is 72.9 Å². The van der Waals surface area contributed by atoms with Crippen LogP contribution in [0.25, 0.3) is 0 Å². The molecule has 0 radical (unpaired) electrons. The summed E-state index contributed by atoms with van der Waals surface area (Å²) < 4.78 is 34.7. The van der Waals surface area contributed by atoms with Crippen molar-refractivity contribution in [2.24, 2.45) is 0 Å². The highest BCUT2D eigenvalue weighted by Crippen LogP contribution is 2.43. The lowest BCUT2D eigenvalue weighted by Gasteiger charge is -2.24. The van der Waals surface area contributed by atoms with Gasteiger partial charge in [-0.15, -0.1) is 0 Å². The zero-order valence-electron chi connectivity index (χ0n) is 51.6. The third kappa shape index (κ3) is 62.6. The second-order valence-corrected chi connectivity index (χ2v) is 24.6. The number of hydrogen-bond acceptors (Lipinski definition) is 7. The van der Waals surface area contributed by atoms with E-state index in [1.54, 1.807) is 0 Å². The third-order valence-electron chi connectivity index (χ3n) is 14.3. The molecule has 0 amide bonds. The highest BCUT2D eigenvalue weighted by atomic mass is 31.2. The average molecular weight is 1120 g/mol. The lowest BCUT2D eigenvalue weighted by molar-refractivity contribution is -0.870. The topological polar surface area (TPSA) is 108 Å². The molecule has 0 spiro atoms. The molecule has 0 aliphatic heterocycles. The number of unbranched alkanes of at least 4 members (excludes halogenated alkanes) is 34. The smallest absolute Gasteiger partial charge is 0.462 e. The Morgan fingerprint density at radius 2 is 0.731 bits per heavy atom. The minimum atomic E-state index is -4.39. The maximum Gasteiger partial charge on any atom is 0.472 e. The van der Waals surface area contributed by atoms with Crippen molar-refractivity contribution in [1.82, 2.24) is 0 Å². The maximum atomic E-state index is 12.9. The van der Waals surface area contributed by atoms with Crippen molar-refractivity contribution in [3.63, 3.8) is 0 Å². The molecule has 0 heterocycles. The highest BCUT2D eigenvalue weighted by molar-refractivity contribution is 7.47. The molecule has 454 valence electrons. The van der Waals surface area contributed by atoms with Crippen LogP contribution in [0.15, 0.2) is 72.9 Å². The van der Waals surface area contributed by atoms with Gasteiger partial charge in [0.1, 0.15) is 19.8 Å². The van der Waals surface area contributed by atoms with E-state index >= 15 is 0 Å². The third-order valence-corrected chi connectivity index (χ3v) is 15.2. The Hall–Kier alpha value is -2.55. The number of carbonyl (C=O) groups excluding carboxylic acids is 2. The van der Waals surface area contributed by atoms with Gasteiger partial charge in [-0.05, 0) is 64.2 Å². The Bertz CT molecular complexity index is 1550. The number of rotatable bonds is 60. The van der Waals surface area contributed by atoms with E-state index in [1.165, 1.54) is 180 Å². The Labute approximate surface area is 482 Å². The molecule has 0 saturated heterocycles. The van der Waals surface area contributed by atoms with Crippen molar-refractivity contribution in [3.8, 4) is 0 Å². The molecule has 0 rings (SSSR count). The van der Waals surface area contributed by atoms with Crippen LogP contribution in [0.1, 0.15) is 296 Å². The molecule has 0 aliphatic rings. The van der Waals surface area contributed by atoms with Crippen LogP contribution >= 0.6 is 7.82 Å². The summed E-state index contributed by atoms with van der Waals surface area (Å²) in [5, 5.41) is 0. The number of carbonyl (C=O) groups is 2. The molecular weight excluding hydrogens is 990 g/mol. The van der Waals surface area contributed by atoms with Crippen LogP contribution in [0.2, 0.25) is 0 Å². The molecule has 0 saturated carbocycles. The van der Waals surface area contributed by atoms with E-state index in [9.17, 15) is 19.0 Å². The molecule has 9 nitrogen and oxygen atoms in total. The lowest BCUT2D eigenvalue weighted by atomic mass is 10.0. The summed E-state index contributed by atoms with van der Waals surface area (Å²) in [4.78, 5) is 35.8. The summed E-state index contributed by atoms with van der Waals surface area (Å²) in [6.45, 7) is 4.36. The number of phosphoric acid groups is 1. The second kappa shape index (κ2) is 59.1. The van der Waals surface area contributed by atoms with Crippen LogP contribution in [0.3, 0.4) is 0 Å². The highest BCUT2D eigenvalue weighted by Gasteiger charge is 2.27. The number of ether oxygens (including phenoxy) is 2. The summed E-state index contributed by atoms with van der Waals surface area (Å²) in [5.41, 5.74) is 0. The van der Waals surface area contributed by atoms with Crippen LogP contribution < -0.4 is 0 Å². The molecule has 0 aromatic rings. The fourth-order valence-electron chi connectivity index (χ4n) is 9.26. The lowest BCUT2D eigenvalue weighted by Crippen LogP contribution is -2.37. The summed E-state index contributed by atoms with van der Waals surface area (Å²) in [6, 6.07) is 0. The second-order valence-electron chi connectivity index (χ2n) is 23.1. The summed E-state index contributed by atoms with van der Waals surface area (Å²) in [6.07, 6.45) is 78.4. The number of nitrogens with zero attached hydrogens (tertiary/aromatic N) is 1. The van der Waals surface area contributed by atoms with E-state index in [0.717, 1.165) is 83.5 Å². The maximum absolute atomic E-state index is 12.9. The van der Waals surface area contributed by atoms with Crippen molar-refractivity contribution < 1.29 is 42.1 Å². The molecule has 0 fully saturated rings. The molecule has 0 aromatic heterocycles. The fourth-order valence-corrected chi connectivity index (χ4v) is 10.00. The predicted molar refractivity (Wildman–Crippen MR) is 335 cm³/mol. The summed E-state index contributed by atoms with van der Waals surface area (Å²) >= 11 is 0. The van der Waals surface area contributed by atoms with E-state index in [-0.39, 0.29) is 25.6 Å². The Morgan fingerprint density at radius 3 is 1.09 bits per heavy atom. The van der Waals surface area contributed by atoms with Gasteiger partial charge in [0.15, 0.2) is 6.10 Å². The average Bonchev–Trinajstić information content (AvgIpc) is 3.41. The number of allylic oxidation sites excluding steroid dienone is 12. The number of phosphoric ester groups is 1. The van der Waals surface area contributed by atoms with Crippen LogP contribution in [-0.2, 0) is 32.7 Å². The van der Waals surface area contributed by atoms with Gasteiger partial charge in [0, 0.05) is 12.8 Å². The van der Waals surface area contributed by atoms with Crippen LogP contribution in [0.4, 0.5) is 0 Å². The summed E-state index contributed by atoms with van der Waals surface area (Å²) in [5.74, 6) is -0.792. The molecule has 78 heavy (non-hydrogen) atoms. The first-order chi connectivity index (χ1) is 38.0. The van der Waals surface area contributed by atoms with Gasteiger partial charge < -0.3 is 18.9 Å². The van der Waals surface area contributed by atoms with Crippen molar-refractivity contribution in [2.75, 3.05) is 47.5 Å². The molecule has 10 heteroatoms. The van der Waals surface area contributed by atoms with Crippen LogP contribution in [-0.4, -0.2) is 74.9 Å². The summed E-state index contributed by atoms with van der Waals surface area (Å²) in [7, 11) is 1.48. The number of hydrogen-bond donors (Lipinski definition) is 1. The molecule has 0 aliphatic carbocycles. The van der Waals surface area contributed by atoms with Gasteiger partial charge >= 0.3 is 19.8 Å². The van der Waals surface area contributed by atoms with Gasteiger partial charge in [0.05, 0.1) is 27.7 Å². The van der Waals surface area contributed by atoms with E-state index in [0.29, 0.717) is 23.9 Å². The van der Waals surface area contributed by atoms with E-state index < -0.39 is 26.5 Å². The minimum Gasteiger partial charge on any atom is -0.462 e. The first-order valence-electron chi connectivity index (χ1n) is 32.7. The van der Waals surface area contributed by atoms with Gasteiger partial charge in [-0.2, -0.15) is 0 Å². The van der Waals surface area contributed by atoms with Gasteiger partial charge in [-0.1, -0.05) is 292 Å². The molecule has 2 atom stereocenters. The van der Waals surface area contributed by atoms with Gasteiger partial charge in [-0.3, -0.25) is 18.6 Å². The molecule has 1 N–H and O–H groups in total. The Morgan fingerprint density at radius 1 is 0.410 bits per heavy atom. The number of likely N-dealkylation sites (N-methyl/N-ethyl adjacent to an activating group) is 1. The van der Waals surface area contributed by atoms with Crippen molar-refractivity contribution in [2.45, 2.75) is 302 Å². The van der Waals surface area contributed by atoms with Crippen molar-refractivity contribution in [1.29, 1.82) is 0 Å². The van der Waals surface area contributed by atoms with Gasteiger partial charge in [0.25, 0.3) is 0 Å². The number of quaternary nitrogens is 1. The quantitative estimate of drug-likeness (QED) is 0.0211. The first-order valence-corrected chi connectivity index (χ1v) is 34.2. The monoisotopic (exact) mass is 1110 g/mol. The zero-order valence-corrected chi connectivity index (χ0v) is 52.5. The van der Waals surface area contributed by atoms with Crippen LogP contribution in [0.5, 0.6) is 0 Å². The SMILES string of the molecule is CC/C=C\C/C=C\C/C=C\C/C=C\C/C=C\C/C=C\CCCCCCCCCCCCC(=O)OC(COC(=O)CCCCCCCCCCCCCCCCCCCCCCCCCCC)COP(=O)(O)OCC[N+](C)(C)C. The van der Waals surface area contributed by atoms with E-state index in [1.807, 2.05) is 21.1 Å². The predicted octanol–water partition coefficient (Wildman–Crippen LogP) is 20.8. The van der Waals surface area contributed by atoms with Crippen LogP contribution in [0, 0.1) is 0 Å². The molecule has 0 bridgehead atoms. The van der Waals surface area contributed by atoms with E-state index in [2.05, 4.69) is 86.8 Å². The zero-order chi connectivity index (χ0) is 57.0. The van der Waals surface area contributed by atoms with E-state index in [4.69, 9.17) is 18.5 Å². The molecular formula is C68H125NO8P+. The Balaban J connectivity index is 4.10. The minimum absolute atomic E-state index is 0.0298. The standard InChI is InChI=1S/C68H124NO8P/c1-6-8-10-12-14-16-18-20-22-24-26-28-30-32-33-34-35-37-39-41-43-45-47-49-51-53-55-57-59-61-68(71)77-66(65-76-78(72,73)75-63-62-69(3,4)5)64-74-67(70)60-58-56-54-52-50-48-46-44-42-40-38-36-31-29-27-25-23-21-19-17-15-13-11-9-7-2/h8,10,14,16,20,22,26,28,32-33,35,37,66H,6-7,9,11-13,15,17-19,21,23-25,27,29-31,34,36,38-65H2,1-5H3/p+1/b10-8-,16-14-,22-20-,28-26-,33-32-,37-35-. The van der Waals surface area contributed by atoms with Gasteiger partial charge in [-0.25, -0.2) is 4.57 Å². The van der Waals surface area contributed by atoms with Gasteiger partial charge in [0.2, 0.25) is 0 Å². The number of esters is 2. The normalized spacial score (nSPS) is 13.7. The van der Waals surface area contributed by atoms with Crippen molar-refractivity contribution >= 4 is 19.8 Å². The first kappa shape index (κ1) is 75.5. The molecule has 0 aromatic carbocycles. The largest absolute Gasteiger partial charge is 0.472 e. The Kier molecular flexibility index (Phi) is 57.2.